The van der Waals surface area contributed by atoms with E-state index in [-0.39, 0.29) is 12.2 Å². The first-order chi connectivity index (χ1) is 16.4. The maximum absolute atomic E-state index is 12.9. The molecule has 0 saturated carbocycles. The zero-order valence-corrected chi connectivity index (χ0v) is 19.3. The van der Waals surface area contributed by atoms with Gasteiger partial charge in [-0.2, -0.15) is 0 Å². The predicted octanol–water partition coefficient (Wildman–Crippen LogP) is 6.46. The van der Waals surface area contributed by atoms with E-state index in [0.717, 1.165) is 5.56 Å². The van der Waals surface area contributed by atoms with Crippen LogP contribution in [0.3, 0.4) is 0 Å². The summed E-state index contributed by atoms with van der Waals surface area (Å²) in [6, 6.07) is 18.3. The zero-order valence-electron chi connectivity index (χ0n) is 17.8. The van der Waals surface area contributed by atoms with Crippen LogP contribution in [0.15, 0.2) is 85.2 Å². The number of benzene rings is 3. The van der Waals surface area contributed by atoms with Gasteiger partial charge in [-0.1, -0.05) is 29.3 Å². The van der Waals surface area contributed by atoms with Gasteiger partial charge in [0.05, 0.1) is 12.7 Å². The van der Waals surface area contributed by atoms with E-state index in [2.05, 4.69) is 0 Å². The molecule has 0 bridgehead atoms. The highest BCUT2D eigenvalue weighted by atomic mass is 35.5. The molecule has 6 nitrogen and oxygen atoms in total. The second-order valence-electron chi connectivity index (χ2n) is 7.51. The molecule has 8 heteroatoms. The van der Waals surface area contributed by atoms with Crippen LogP contribution in [0.25, 0.3) is 33.1 Å². The monoisotopic (exact) mass is 494 g/mol. The average Bonchev–Trinajstić information content (AvgIpc) is 2.82. The molecule has 0 spiro atoms. The van der Waals surface area contributed by atoms with E-state index in [9.17, 15) is 9.59 Å². The maximum Gasteiger partial charge on any atom is 0.344 e. The van der Waals surface area contributed by atoms with Crippen LogP contribution in [0.2, 0.25) is 10.0 Å². The minimum absolute atomic E-state index is 0.221. The summed E-state index contributed by atoms with van der Waals surface area (Å²) < 4.78 is 21.9. The quantitative estimate of drug-likeness (QED) is 0.261. The van der Waals surface area contributed by atoms with Crippen molar-refractivity contribution in [3.63, 3.8) is 0 Å². The van der Waals surface area contributed by atoms with Crippen LogP contribution in [0.4, 0.5) is 0 Å². The molecule has 0 unspecified atom stereocenters. The fourth-order valence-corrected chi connectivity index (χ4v) is 4.12. The Morgan fingerprint density at radius 1 is 0.794 bits per heavy atom. The van der Waals surface area contributed by atoms with Crippen molar-refractivity contribution in [3.05, 3.63) is 103 Å². The average molecular weight is 495 g/mol. The summed E-state index contributed by atoms with van der Waals surface area (Å²) in [5, 5.41) is 2.30. The van der Waals surface area contributed by atoms with Crippen molar-refractivity contribution in [1.29, 1.82) is 0 Å². The Hall–Kier alpha value is -3.74. The molecule has 3 aromatic carbocycles. The van der Waals surface area contributed by atoms with Gasteiger partial charge in [0.15, 0.2) is 0 Å². The number of hydrogen-bond acceptors (Lipinski definition) is 6. The largest absolute Gasteiger partial charge is 0.497 e. The van der Waals surface area contributed by atoms with Gasteiger partial charge in [0.2, 0.25) is 0 Å². The summed E-state index contributed by atoms with van der Waals surface area (Å²) in [6.45, 7) is 0.221. The molecule has 0 aliphatic rings. The second-order valence-corrected chi connectivity index (χ2v) is 8.36. The van der Waals surface area contributed by atoms with Crippen LogP contribution in [0.1, 0.15) is 5.56 Å². The van der Waals surface area contributed by atoms with Crippen LogP contribution < -0.4 is 20.7 Å². The first-order valence-corrected chi connectivity index (χ1v) is 10.9. The van der Waals surface area contributed by atoms with E-state index < -0.39 is 11.3 Å². The molecular formula is C26H16Cl2O6. The minimum atomic E-state index is -0.590. The molecule has 0 saturated heterocycles. The highest BCUT2D eigenvalue weighted by Crippen LogP contribution is 2.31. The van der Waals surface area contributed by atoms with Gasteiger partial charge in [-0.05, 0) is 42.5 Å². The van der Waals surface area contributed by atoms with Gasteiger partial charge >= 0.3 is 11.3 Å². The van der Waals surface area contributed by atoms with Crippen molar-refractivity contribution in [2.75, 3.05) is 7.11 Å². The van der Waals surface area contributed by atoms with Gasteiger partial charge in [0.1, 0.15) is 29.3 Å². The number of halogens is 2. The summed E-state index contributed by atoms with van der Waals surface area (Å²) in [4.78, 5) is 25.0. The van der Waals surface area contributed by atoms with Crippen molar-refractivity contribution in [2.45, 2.75) is 6.61 Å². The van der Waals surface area contributed by atoms with E-state index in [1.807, 2.05) is 0 Å². The highest BCUT2D eigenvalue weighted by molar-refractivity contribution is 6.35. The highest BCUT2D eigenvalue weighted by Gasteiger charge is 2.15. The Morgan fingerprint density at radius 3 is 2.38 bits per heavy atom. The van der Waals surface area contributed by atoms with Gasteiger partial charge < -0.3 is 18.3 Å². The Balaban J connectivity index is 1.52. The number of methoxy groups -OCH3 is 1. The molecule has 0 aliphatic heterocycles. The number of fused-ring (bicyclic) bond motifs is 2. The van der Waals surface area contributed by atoms with Crippen molar-refractivity contribution < 1.29 is 18.3 Å². The summed E-state index contributed by atoms with van der Waals surface area (Å²) in [7, 11) is 1.52. The van der Waals surface area contributed by atoms with Gasteiger partial charge in [-0.25, -0.2) is 9.59 Å². The standard InChI is InChI=1S/C26H16Cl2O6/c1-31-17-6-7-19-20(12-25(29)33-24(19)10-17)21-8-14-3-5-18(11-23(14)34-26(21)30)32-13-15-2-4-16(27)9-22(15)28/h2-12H,13H2,1H3. The van der Waals surface area contributed by atoms with E-state index in [0.29, 0.717) is 49.0 Å². The van der Waals surface area contributed by atoms with Crippen LogP contribution in [-0.4, -0.2) is 7.11 Å². The van der Waals surface area contributed by atoms with Crippen LogP contribution in [0.5, 0.6) is 11.5 Å². The number of rotatable bonds is 5. The molecule has 0 atom stereocenters. The van der Waals surface area contributed by atoms with E-state index in [4.69, 9.17) is 41.5 Å². The molecule has 5 aromatic rings. The van der Waals surface area contributed by atoms with Crippen molar-refractivity contribution in [1.82, 2.24) is 0 Å². The molecule has 0 amide bonds. The fourth-order valence-electron chi connectivity index (χ4n) is 3.66. The van der Waals surface area contributed by atoms with E-state index in [1.165, 1.54) is 13.2 Å². The molecule has 34 heavy (non-hydrogen) atoms. The summed E-state index contributed by atoms with van der Waals surface area (Å²) in [5.41, 5.74) is 0.926. The Morgan fingerprint density at radius 2 is 1.59 bits per heavy atom. The second kappa shape index (κ2) is 8.89. The molecule has 0 fully saturated rings. The van der Waals surface area contributed by atoms with E-state index >= 15 is 0 Å². The van der Waals surface area contributed by atoms with Gasteiger partial charge in [-0.15, -0.1) is 0 Å². The van der Waals surface area contributed by atoms with Crippen LogP contribution in [-0.2, 0) is 6.61 Å². The lowest BCUT2D eigenvalue weighted by atomic mass is 10.0. The molecule has 2 heterocycles. The fraction of sp³-hybridized carbons (Fsp3) is 0.0769. The molecule has 0 N–H and O–H groups in total. The lowest BCUT2D eigenvalue weighted by molar-refractivity contribution is 0.306. The van der Waals surface area contributed by atoms with Gasteiger partial charge in [0.25, 0.3) is 0 Å². The summed E-state index contributed by atoms with van der Waals surface area (Å²) >= 11 is 12.1. The normalized spacial score (nSPS) is 11.1. The van der Waals surface area contributed by atoms with Crippen molar-refractivity contribution >= 4 is 45.1 Å². The Kier molecular flexibility index (Phi) is 5.77. The molecule has 5 rings (SSSR count). The van der Waals surface area contributed by atoms with Crippen molar-refractivity contribution in [3.8, 4) is 22.6 Å². The number of hydrogen-bond donors (Lipinski definition) is 0. The smallest absolute Gasteiger partial charge is 0.344 e. The van der Waals surface area contributed by atoms with Crippen molar-refractivity contribution in [2.24, 2.45) is 0 Å². The first-order valence-electron chi connectivity index (χ1n) is 10.2. The van der Waals surface area contributed by atoms with E-state index in [1.54, 1.807) is 60.7 Å². The number of ether oxygens (including phenoxy) is 2. The third kappa shape index (κ3) is 4.25. The Labute approximate surface area is 202 Å². The van der Waals surface area contributed by atoms with Gasteiger partial charge in [0, 0.05) is 50.1 Å². The SMILES string of the molecule is COc1ccc2c(-c3cc4ccc(OCc5ccc(Cl)cc5Cl)cc4oc3=O)cc(=O)oc2c1. The first kappa shape index (κ1) is 22.1. The summed E-state index contributed by atoms with van der Waals surface area (Å²) in [6.07, 6.45) is 0. The zero-order chi connectivity index (χ0) is 23.8. The third-order valence-electron chi connectivity index (χ3n) is 5.36. The Bertz CT molecular complexity index is 1670. The lowest BCUT2D eigenvalue weighted by Gasteiger charge is -2.10. The maximum atomic E-state index is 12.9. The lowest BCUT2D eigenvalue weighted by Crippen LogP contribution is -2.06. The molecule has 170 valence electrons. The topological polar surface area (TPSA) is 78.9 Å². The predicted molar refractivity (Wildman–Crippen MR) is 131 cm³/mol. The molecule has 2 aromatic heterocycles. The minimum Gasteiger partial charge on any atom is -0.497 e. The third-order valence-corrected chi connectivity index (χ3v) is 5.95. The van der Waals surface area contributed by atoms with Crippen LogP contribution in [0, 0.1) is 0 Å². The molecule has 0 aliphatic carbocycles. The van der Waals surface area contributed by atoms with Gasteiger partial charge in [-0.3, -0.25) is 0 Å². The summed E-state index contributed by atoms with van der Waals surface area (Å²) in [5.74, 6) is 1.04. The van der Waals surface area contributed by atoms with Crippen LogP contribution >= 0.6 is 23.2 Å². The molecule has 0 radical (unpaired) electrons. The molecular weight excluding hydrogens is 479 g/mol.